The minimum Gasteiger partial charge on any atom is -0.497 e. The zero-order valence-electron chi connectivity index (χ0n) is 10.0. The van der Waals surface area contributed by atoms with Crippen LogP contribution < -0.4 is 9.47 Å². The van der Waals surface area contributed by atoms with Gasteiger partial charge in [-0.05, 0) is 31.0 Å². The lowest BCUT2D eigenvalue weighted by atomic mass is 9.95. The van der Waals surface area contributed by atoms with Gasteiger partial charge in [-0.25, -0.2) is 9.79 Å². The first-order valence-electron chi connectivity index (χ1n) is 5.52. The fourth-order valence-corrected chi connectivity index (χ4v) is 2.08. The fraction of sp³-hybridized carbons (Fsp3) is 0.462. The first-order valence-corrected chi connectivity index (χ1v) is 5.52. The van der Waals surface area contributed by atoms with Gasteiger partial charge in [0.2, 0.25) is 6.08 Å². The van der Waals surface area contributed by atoms with Crippen LogP contribution in [-0.2, 0) is 10.2 Å². The van der Waals surface area contributed by atoms with Gasteiger partial charge in [-0.1, -0.05) is 0 Å². The monoisotopic (exact) mass is 233 g/mol. The Morgan fingerprint density at radius 1 is 1.35 bits per heavy atom. The second kappa shape index (κ2) is 4.60. The van der Waals surface area contributed by atoms with Crippen LogP contribution in [0, 0.1) is 0 Å². The van der Waals surface area contributed by atoms with Crippen molar-refractivity contribution < 1.29 is 14.3 Å². The highest BCUT2D eigenvalue weighted by Gasteiger charge is 2.46. The predicted octanol–water partition coefficient (Wildman–Crippen LogP) is 2.07. The Hall–Kier alpha value is -1.80. The number of isocyanates is 1. The molecule has 0 spiro atoms. The lowest BCUT2D eigenvalue weighted by Gasteiger charge is -2.17. The fourth-order valence-electron chi connectivity index (χ4n) is 2.08. The van der Waals surface area contributed by atoms with Gasteiger partial charge in [0, 0.05) is 11.0 Å². The molecule has 4 nitrogen and oxygen atoms in total. The maximum atomic E-state index is 10.2. The van der Waals surface area contributed by atoms with E-state index in [1.807, 2.05) is 18.2 Å². The Labute approximate surface area is 100 Å². The normalized spacial score (nSPS) is 15.9. The molecular formula is C13H15NO3. The summed E-state index contributed by atoms with van der Waals surface area (Å²) in [5, 5.41) is 0. The second-order valence-electron chi connectivity index (χ2n) is 4.25. The molecule has 1 saturated carbocycles. The Morgan fingerprint density at radius 2 is 2.12 bits per heavy atom. The number of methoxy groups -OCH3 is 2. The molecule has 1 aliphatic rings. The molecule has 0 saturated heterocycles. The molecule has 0 N–H and O–H groups in total. The number of hydrogen-bond acceptors (Lipinski definition) is 4. The van der Waals surface area contributed by atoms with Gasteiger partial charge in [0.1, 0.15) is 11.5 Å². The molecule has 1 aromatic rings. The van der Waals surface area contributed by atoms with Gasteiger partial charge in [-0.15, -0.1) is 0 Å². The molecule has 90 valence electrons. The SMILES string of the molecule is COc1ccc(OC)c(C2(CN=C=O)CC2)c1. The summed E-state index contributed by atoms with van der Waals surface area (Å²) in [7, 11) is 3.28. The minimum absolute atomic E-state index is 0.0582. The maximum absolute atomic E-state index is 10.2. The molecular weight excluding hydrogens is 218 g/mol. The smallest absolute Gasteiger partial charge is 0.234 e. The molecule has 0 radical (unpaired) electrons. The van der Waals surface area contributed by atoms with Crippen LogP contribution in [0.3, 0.4) is 0 Å². The van der Waals surface area contributed by atoms with Gasteiger partial charge >= 0.3 is 0 Å². The molecule has 0 heterocycles. The Bertz CT molecular complexity index is 460. The van der Waals surface area contributed by atoms with Crippen LogP contribution in [0.2, 0.25) is 0 Å². The van der Waals surface area contributed by atoms with E-state index in [9.17, 15) is 4.79 Å². The Balaban J connectivity index is 2.38. The van der Waals surface area contributed by atoms with Crippen molar-refractivity contribution in [3.63, 3.8) is 0 Å². The highest BCUT2D eigenvalue weighted by Crippen LogP contribution is 2.52. The molecule has 0 unspecified atom stereocenters. The highest BCUT2D eigenvalue weighted by atomic mass is 16.5. The quantitative estimate of drug-likeness (QED) is 0.577. The Morgan fingerprint density at radius 3 is 2.65 bits per heavy atom. The Kier molecular flexibility index (Phi) is 3.16. The van der Waals surface area contributed by atoms with E-state index in [-0.39, 0.29) is 5.41 Å². The van der Waals surface area contributed by atoms with Crippen molar-refractivity contribution in [2.45, 2.75) is 18.3 Å². The molecule has 0 amide bonds. The third-order valence-corrected chi connectivity index (χ3v) is 3.28. The van der Waals surface area contributed by atoms with Crippen LogP contribution in [0.1, 0.15) is 18.4 Å². The maximum Gasteiger partial charge on any atom is 0.234 e. The predicted molar refractivity (Wildman–Crippen MR) is 63.4 cm³/mol. The largest absolute Gasteiger partial charge is 0.497 e. The van der Waals surface area contributed by atoms with Crippen molar-refractivity contribution in [1.29, 1.82) is 0 Å². The van der Waals surface area contributed by atoms with Crippen LogP contribution in [0.5, 0.6) is 11.5 Å². The number of hydrogen-bond donors (Lipinski definition) is 0. The third kappa shape index (κ3) is 2.17. The van der Waals surface area contributed by atoms with Crippen molar-refractivity contribution in [2.24, 2.45) is 4.99 Å². The molecule has 1 fully saturated rings. The lowest BCUT2D eigenvalue weighted by molar-refractivity contribution is 0.394. The summed E-state index contributed by atoms with van der Waals surface area (Å²) in [6.45, 7) is 0.472. The van der Waals surface area contributed by atoms with Crippen molar-refractivity contribution in [3.8, 4) is 11.5 Å². The van der Waals surface area contributed by atoms with Gasteiger partial charge in [-0.3, -0.25) is 0 Å². The average molecular weight is 233 g/mol. The van der Waals surface area contributed by atoms with E-state index in [0.717, 1.165) is 29.9 Å². The highest BCUT2D eigenvalue weighted by molar-refractivity contribution is 5.48. The third-order valence-electron chi connectivity index (χ3n) is 3.28. The van der Waals surface area contributed by atoms with Crippen molar-refractivity contribution in [1.82, 2.24) is 0 Å². The van der Waals surface area contributed by atoms with Gasteiger partial charge in [0.05, 0.1) is 20.8 Å². The summed E-state index contributed by atoms with van der Waals surface area (Å²) >= 11 is 0. The summed E-state index contributed by atoms with van der Waals surface area (Å²) < 4.78 is 10.6. The number of rotatable bonds is 5. The molecule has 0 bridgehead atoms. The first-order chi connectivity index (χ1) is 8.25. The molecule has 0 aromatic heterocycles. The molecule has 1 aliphatic carbocycles. The van der Waals surface area contributed by atoms with Crippen LogP contribution in [0.25, 0.3) is 0 Å². The zero-order chi connectivity index (χ0) is 12.3. The van der Waals surface area contributed by atoms with Crippen LogP contribution in [-0.4, -0.2) is 26.8 Å². The van der Waals surface area contributed by atoms with E-state index in [2.05, 4.69) is 4.99 Å². The van der Waals surface area contributed by atoms with Crippen molar-refractivity contribution in [3.05, 3.63) is 23.8 Å². The van der Waals surface area contributed by atoms with Crippen molar-refractivity contribution in [2.75, 3.05) is 20.8 Å². The summed E-state index contributed by atoms with van der Waals surface area (Å²) in [5.74, 6) is 1.62. The zero-order valence-corrected chi connectivity index (χ0v) is 10.0. The summed E-state index contributed by atoms with van der Waals surface area (Å²) in [6.07, 6.45) is 3.63. The van der Waals surface area contributed by atoms with Crippen LogP contribution in [0.15, 0.2) is 23.2 Å². The lowest BCUT2D eigenvalue weighted by Crippen LogP contribution is -2.12. The number of nitrogens with zero attached hydrogens (tertiary/aromatic N) is 1. The molecule has 0 aliphatic heterocycles. The second-order valence-corrected chi connectivity index (χ2v) is 4.25. The van der Waals surface area contributed by atoms with E-state index in [0.29, 0.717) is 6.54 Å². The van der Waals surface area contributed by atoms with Crippen LogP contribution >= 0.6 is 0 Å². The number of benzene rings is 1. The number of aliphatic imine (C=N–C) groups is 1. The average Bonchev–Trinajstić information content (AvgIpc) is 3.16. The van der Waals surface area contributed by atoms with E-state index < -0.39 is 0 Å². The number of ether oxygens (including phenoxy) is 2. The van der Waals surface area contributed by atoms with E-state index >= 15 is 0 Å². The standard InChI is InChI=1S/C13H15NO3/c1-16-10-3-4-12(17-2)11(7-10)13(5-6-13)8-14-9-15/h3-4,7H,5-6,8H2,1-2H3. The summed E-state index contributed by atoms with van der Waals surface area (Å²) in [5.41, 5.74) is 1.01. The van der Waals surface area contributed by atoms with Gasteiger partial charge in [-0.2, -0.15) is 0 Å². The molecule has 4 heteroatoms. The summed E-state index contributed by atoms with van der Waals surface area (Å²) in [4.78, 5) is 14.0. The van der Waals surface area contributed by atoms with E-state index in [4.69, 9.17) is 9.47 Å². The van der Waals surface area contributed by atoms with E-state index in [1.54, 1.807) is 20.3 Å². The molecule has 2 rings (SSSR count). The molecule has 17 heavy (non-hydrogen) atoms. The molecule has 1 aromatic carbocycles. The first kappa shape index (κ1) is 11.7. The molecule has 0 atom stereocenters. The minimum atomic E-state index is -0.0582. The van der Waals surface area contributed by atoms with Crippen LogP contribution in [0.4, 0.5) is 0 Å². The van der Waals surface area contributed by atoms with Crippen molar-refractivity contribution >= 4 is 6.08 Å². The van der Waals surface area contributed by atoms with Gasteiger partial charge in [0.15, 0.2) is 0 Å². The topological polar surface area (TPSA) is 47.9 Å². The number of carbonyl (C=O) groups excluding carboxylic acids is 1. The van der Waals surface area contributed by atoms with Gasteiger partial charge < -0.3 is 9.47 Å². The van der Waals surface area contributed by atoms with Gasteiger partial charge in [0.25, 0.3) is 0 Å². The summed E-state index contributed by atoms with van der Waals surface area (Å²) in [6, 6.07) is 5.71. The van der Waals surface area contributed by atoms with E-state index in [1.165, 1.54) is 0 Å².